The largest absolute Gasteiger partial charge is 0.495 e. The van der Waals surface area contributed by atoms with Crippen LogP contribution in [0.3, 0.4) is 0 Å². The van der Waals surface area contributed by atoms with Crippen molar-refractivity contribution in [2.24, 2.45) is 0 Å². The lowest BCUT2D eigenvalue weighted by atomic mass is 10.2. The fraction of sp³-hybridized carbons (Fsp3) is 0.160. The third-order valence-corrected chi connectivity index (χ3v) is 6.51. The molecule has 174 valence electrons. The number of carbonyl (C=O) groups excluding carboxylic acids is 1. The van der Waals surface area contributed by atoms with E-state index >= 15 is 0 Å². The maximum Gasteiger partial charge on any atom is 0.266 e. The van der Waals surface area contributed by atoms with Crippen LogP contribution in [-0.4, -0.2) is 35.4 Å². The van der Waals surface area contributed by atoms with Crippen molar-refractivity contribution in [2.75, 3.05) is 25.3 Å². The number of methoxy groups -OCH3 is 2. The van der Waals surface area contributed by atoms with Crippen LogP contribution in [0.5, 0.6) is 11.5 Å². The Morgan fingerprint density at radius 3 is 2.53 bits per heavy atom. The molecule has 1 N–H and O–H groups in total. The summed E-state index contributed by atoms with van der Waals surface area (Å²) in [6.07, 6.45) is 0. The van der Waals surface area contributed by atoms with Gasteiger partial charge in [-0.15, -0.1) is 0 Å². The molecule has 1 amide bonds. The van der Waals surface area contributed by atoms with Gasteiger partial charge >= 0.3 is 0 Å². The fourth-order valence-electron chi connectivity index (χ4n) is 3.47. The number of rotatable bonds is 7. The van der Waals surface area contributed by atoms with Crippen molar-refractivity contribution in [3.63, 3.8) is 0 Å². The predicted molar refractivity (Wildman–Crippen MR) is 136 cm³/mol. The molecule has 0 aliphatic heterocycles. The van der Waals surface area contributed by atoms with Gasteiger partial charge in [0.15, 0.2) is 5.16 Å². The number of nitrogens with zero attached hydrogens (tertiary/aromatic N) is 2. The number of aryl methyl sites for hydroxylation is 1. The molecule has 1 heterocycles. The second-order valence-electron chi connectivity index (χ2n) is 7.36. The van der Waals surface area contributed by atoms with Crippen LogP contribution in [0.1, 0.15) is 5.56 Å². The van der Waals surface area contributed by atoms with E-state index in [1.165, 1.54) is 11.7 Å². The number of carbonyl (C=O) groups is 1. The summed E-state index contributed by atoms with van der Waals surface area (Å²) in [6.45, 7) is 1.85. The summed E-state index contributed by atoms with van der Waals surface area (Å²) in [7, 11) is 3.05. The highest BCUT2D eigenvalue weighted by molar-refractivity contribution is 7.99. The quantitative estimate of drug-likeness (QED) is 0.284. The lowest BCUT2D eigenvalue weighted by molar-refractivity contribution is -0.113. The van der Waals surface area contributed by atoms with Crippen LogP contribution in [0.4, 0.5) is 5.69 Å². The normalized spacial score (nSPS) is 10.8. The number of anilines is 1. The highest BCUT2D eigenvalue weighted by Gasteiger charge is 2.19. The number of hydrogen-bond donors (Lipinski definition) is 1. The summed E-state index contributed by atoms with van der Waals surface area (Å²) in [5.74, 6) is 0.748. The lowest BCUT2D eigenvalue weighted by Crippen LogP contribution is -2.23. The van der Waals surface area contributed by atoms with E-state index < -0.39 is 0 Å². The fourth-order valence-corrected chi connectivity index (χ4v) is 4.43. The van der Waals surface area contributed by atoms with Crippen molar-refractivity contribution in [3.8, 4) is 17.2 Å². The molecular weight excluding hydrogens is 474 g/mol. The maximum atomic E-state index is 13.5. The van der Waals surface area contributed by atoms with Crippen LogP contribution >= 0.6 is 23.4 Å². The van der Waals surface area contributed by atoms with Crippen LogP contribution in [0, 0.1) is 6.92 Å². The Bertz CT molecular complexity index is 1440. The molecule has 0 radical (unpaired) electrons. The highest BCUT2D eigenvalue weighted by Crippen LogP contribution is 2.32. The molecule has 0 aliphatic carbocycles. The van der Waals surface area contributed by atoms with Crippen LogP contribution in [0.25, 0.3) is 16.6 Å². The van der Waals surface area contributed by atoms with E-state index in [1.54, 1.807) is 49.6 Å². The first-order valence-corrected chi connectivity index (χ1v) is 11.7. The van der Waals surface area contributed by atoms with Gasteiger partial charge in [0.1, 0.15) is 11.5 Å². The Balaban J connectivity index is 1.75. The highest BCUT2D eigenvalue weighted by atomic mass is 35.5. The van der Waals surface area contributed by atoms with Crippen LogP contribution in [-0.2, 0) is 4.79 Å². The topological polar surface area (TPSA) is 82.5 Å². The van der Waals surface area contributed by atoms with E-state index in [4.69, 9.17) is 21.1 Å². The molecule has 4 aromatic rings. The van der Waals surface area contributed by atoms with Crippen molar-refractivity contribution >= 4 is 45.9 Å². The van der Waals surface area contributed by atoms with Crippen molar-refractivity contribution in [1.82, 2.24) is 9.55 Å². The Labute approximate surface area is 205 Å². The number of para-hydroxylation sites is 3. The number of benzene rings is 3. The molecule has 0 saturated carbocycles. The molecule has 7 nitrogen and oxygen atoms in total. The first-order chi connectivity index (χ1) is 16.4. The Kier molecular flexibility index (Phi) is 7.09. The number of aromatic nitrogens is 2. The van der Waals surface area contributed by atoms with Gasteiger partial charge in [-0.25, -0.2) is 4.98 Å². The van der Waals surface area contributed by atoms with Gasteiger partial charge in [-0.2, -0.15) is 0 Å². The second kappa shape index (κ2) is 10.2. The van der Waals surface area contributed by atoms with Crippen molar-refractivity contribution < 1.29 is 14.3 Å². The smallest absolute Gasteiger partial charge is 0.266 e. The third kappa shape index (κ3) is 4.73. The lowest BCUT2D eigenvalue weighted by Gasteiger charge is -2.17. The van der Waals surface area contributed by atoms with Crippen molar-refractivity contribution in [2.45, 2.75) is 12.1 Å². The zero-order valence-corrected chi connectivity index (χ0v) is 20.4. The summed E-state index contributed by atoms with van der Waals surface area (Å²) in [5.41, 5.74) is 2.12. The van der Waals surface area contributed by atoms with E-state index in [0.717, 1.165) is 17.3 Å². The minimum Gasteiger partial charge on any atom is -0.495 e. The molecule has 4 rings (SSSR count). The van der Waals surface area contributed by atoms with Gasteiger partial charge in [0.2, 0.25) is 5.91 Å². The Hall–Kier alpha value is -3.49. The van der Waals surface area contributed by atoms with Gasteiger partial charge < -0.3 is 14.8 Å². The van der Waals surface area contributed by atoms with E-state index in [1.807, 2.05) is 25.1 Å². The molecule has 0 spiro atoms. The van der Waals surface area contributed by atoms with E-state index in [0.29, 0.717) is 44.0 Å². The molecule has 0 fully saturated rings. The van der Waals surface area contributed by atoms with Gasteiger partial charge in [-0.3, -0.25) is 14.2 Å². The van der Waals surface area contributed by atoms with Gasteiger partial charge in [0.05, 0.1) is 42.3 Å². The number of halogens is 1. The standard InChI is InChI=1S/C25H22ClN3O4S/c1-15-12-20(22(33-3)13-17(15)26)29-24(31)16-8-4-5-9-18(16)28-25(29)34-14-23(30)27-19-10-6-7-11-21(19)32-2/h4-13H,14H2,1-3H3,(H,27,30). The number of nitrogens with one attached hydrogen (secondary N) is 1. The molecule has 0 saturated heterocycles. The van der Waals surface area contributed by atoms with Crippen molar-refractivity contribution in [1.29, 1.82) is 0 Å². The molecule has 0 atom stereocenters. The molecule has 0 aliphatic rings. The van der Waals surface area contributed by atoms with Crippen LogP contribution in [0.2, 0.25) is 5.02 Å². The second-order valence-corrected chi connectivity index (χ2v) is 8.71. The molecule has 0 bridgehead atoms. The summed E-state index contributed by atoms with van der Waals surface area (Å²) >= 11 is 7.43. The molecule has 34 heavy (non-hydrogen) atoms. The summed E-state index contributed by atoms with van der Waals surface area (Å²) in [6, 6.07) is 17.7. The first-order valence-electron chi connectivity index (χ1n) is 10.3. The van der Waals surface area contributed by atoms with Gasteiger partial charge in [0.25, 0.3) is 5.56 Å². The molecule has 0 unspecified atom stereocenters. The zero-order chi connectivity index (χ0) is 24.2. The number of hydrogen-bond acceptors (Lipinski definition) is 6. The monoisotopic (exact) mass is 495 g/mol. The van der Waals surface area contributed by atoms with Gasteiger partial charge in [-0.1, -0.05) is 47.6 Å². The summed E-state index contributed by atoms with van der Waals surface area (Å²) in [5, 5.41) is 4.18. The van der Waals surface area contributed by atoms with Crippen LogP contribution < -0.4 is 20.3 Å². The maximum absolute atomic E-state index is 13.5. The Morgan fingerprint density at radius 2 is 1.76 bits per heavy atom. The SMILES string of the molecule is COc1ccccc1NC(=O)CSc1nc2ccccc2c(=O)n1-c1cc(C)c(Cl)cc1OC. The molecule has 1 aromatic heterocycles. The van der Waals surface area contributed by atoms with E-state index in [2.05, 4.69) is 10.3 Å². The van der Waals surface area contributed by atoms with E-state index in [-0.39, 0.29) is 17.2 Å². The van der Waals surface area contributed by atoms with Crippen molar-refractivity contribution in [3.05, 3.63) is 81.6 Å². The van der Waals surface area contributed by atoms with Gasteiger partial charge in [-0.05, 0) is 42.8 Å². The molecule has 9 heteroatoms. The van der Waals surface area contributed by atoms with Crippen LogP contribution in [0.15, 0.2) is 70.6 Å². The average molecular weight is 496 g/mol. The number of fused-ring (bicyclic) bond motifs is 1. The first kappa shape index (κ1) is 23.7. The zero-order valence-electron chi connectivity index (χ0n) is 18.8. The number of amides is 1. The summed E-state index contributed by atoms with van der Waals surface area (Å²) < 4.78 is 12.3. The van der Waals surface area contributed by atoms with Gasteiger partial charge in [0, 0.05) is 11.1 Å². The summed E-state index contributed by atoms with van der Waals surface area (Å²) in [4.78, 5) is 30.9. The minimum atomic E-state index is -0.266. The predicted octanol–water partition coefficient (Wildman–Crippen LogP) is 5.10. The molecular formula is C25H22ClN3O4S. The molecule has 3 aromatic carbocycles. The minimum absolute atomic E-state index is 0.0255. The average Bonchev–Trinajstić information content (AvgIpc) is 2.85. The number of thioether (sulfide) groups is 1. The third-order valence-electron chi connectivity index (χ3n) is 5.16. The number of ether oxygens (including phenoxy) is 2. The Morgan fingerprint density at radius 1 is 1.06 bits per heavy atom. The van der Waals surface area contributed by atoms with E-state index in [9.17, 15) is 9.59 Å².